The maximum Gasteiger partial charge on any atom is 0.435 e. The molecular weight excluding hydrogens is 244 g/mol. The van der Waals surface area contributed by atoms with Crippen LogP contribution in [0.5, 0.6) is 0 Å². The molecule has 0 amide bonds. The molecule has 4 bridgehead atoms. The first kappa shape index (κ1) is 11.3. The highest BCUT2D eigenvalue weighted by Crippen LogP contribution is 2.57. The Hall–Kier alpha value is -0.770. The van der Waals surface area contributed by atoms with E-state index in [2.05, 4.69) is 4.29 Å². The number of hydrogen-bond donors (Lipinski definition) is 0. The van der Waals surface area contributed by atoms with E-state index >= 15 is 0 Å². The first-order chi connectivity index (χ1) is 8.10. The molecule has 94 valence electrons. The average molecular weight is 259 g/mol. The Morgan fingerprint density at radius 1 is 0.941 bits per heavy atom. The van der Waals surface area contributed by atoms with Crippen molar-refractivity contribution in [1.82, 2.24) is 0 Å². The predicted molar refractivity (Wildman–Crippen MR) is 58.9 cm³/mol. The Bertz CT molecular complexity index is 330. The smallest absolute Gasteiger partial charge is 0.435 e. The second-order valence-electron chi connectivity index (χ2n) is 5.85. The summed E-state index contributed by atoms with van der Waals surface area (Å²) in [6, 6.07) is 0. The van der Waals surface area contributed by atoms with Crippen molar-refractivity contribution in [1.29, 1.82) is 0 Å². The molecule has 17 heavy (non-hydrogen) atoms. The minimum Gasteiger partial charge on any atom is -0.451 e. The van der Waals surface area contributed by atoms with Gasteiger partial charge in [0.2, 0.25) is 0 Å². The monoisotopic (exact) mass is 258 g/mol. The number of rotatable bonds is 1. The van der Waals surface area contributed by atoms with Crippen LogP contribution in [0.3, 0.4) is 0 Å². The van der Waals surface area contributed by atoms with Gasteiger partial charge in [0.25, 0.3) is 0 Å². The summed E-state index contributed by atoms with van der Waals surface area (Å²) in [6.45, 7) is 0. The molecule has 0 radical (unpaired) electrons. The quantitative estimate of drug-likeness (QED) is 0.534. The van der Waals surface area contributed by atoms with Crippen LogP contribution in [-0.2, 0) is 18.6 Å². The van der Waals surface area contributed by atoms with Gasteiger partial charge in [0, 0.05) is 0 Å². The number of hydrogen-bond acceptors (Lipinski definition) is 4. The van der Waals surface area contributed by atoms with Crippen molar-refractivity contribution >= 4 is 23.8 Å². The lowest BCUT2D eigenvalue weighted by Crippen LogP contribution is -2.53. The molecule has 5 heteroatoms. The molecular formula is C12H15ClO4. The molecule has 0 aromatic heterocycles. The van der Waals surface area contributed by atoms with E-state index < -0.39 is 17.5 Å². The first-order valence-electron chi connectivity index (χ1n) is 6.16. The highest BCUT2D eigenvalue weighted by atomic mass is 35.5. The molecule has 4 aliphatic carbocycles. The van der Waals surface area contributed by atoms with Gasteiger partial charge in [-0.2, -0.15) is 0 Å². The maximum absolute atomic E-state index is 11.5. The molecule has 0 aromatic rings. The average Bonchev–Trinajstić information content (AvgIpc) is 2.25. The summed E-state index contributed by atoms with van der Waals surface area (Å²) in [5, 5.41) is 0. The molecule has 0 N–H and O–H groups in total. The second-order valence-corrected chi connectivity index (χ2v) is 6.01. The van der Waals surface area contributed by atoms with Gasteiger partial charge >= 0.3 is 11.9 Å². The predicted octanol–water partition coefficient (Wildman–Crippen LogP) is 2.20. The fraction of sp³-hybridized carbons (Fsp3) is 0.833. The fourth-order valence-corrected chi connectivity index (χ4v) is 4.49. The molecule has 4 fully saturated rings. The molecule has 0 saturated heterocycles. The normalized spacial score (nSPS) is 42.3. The third-order valence-electron chi connectivity index (χ3n) is 4.53. The van der Waals surface area contributed by atoms with Gasteiger partial charge in [-0.25, -0.2) is 9.59 Å². The Kier molecular flexibility index (Phi) is 2.58. The lowest BCUT2D eigenvalue weighted by Gasteiger charge is -2.55. The standard InChI is InChI=1S/C12H15ClO4/c13-17-11(15)10(14)16-12-4-7-1-8(5-12)3-9(2-7)6-12/h7-9H,1-6H2. The number of carbonyl (C=O) groups excluding carboxylic acids is 2. The summed E-state index contributed by atoms with van der Waals surface area (Å²) < 4.78 is 9.29. The van der Waals surface area contributed by atoms with Crippen molar-refractivity contribution in [2.45, 2.75) is 44.1 Å². The van der Waals surface area contributed by atoms with E-state index in [0.717, 1.165) is 19.3 Å². The van der Waals surface area contributed by atoms with Gasteiger partial charge < -0.3 is 9.03 Å². The van der Waals surface area contributed by atoms with E-state index in [0.29, 0.717) is 17.8 Å². The largest absolute Gasteiger partial charge is 0.451 e. The highest BCUT2D eigenvalue weighted by molar-refractivity contribution is 6.35. The summed E-state index contributed by atoms with van der Waals surface area (Å²) >= 11 is 4.88. The van der Waals surface area contributed by atoms with Gasteiger partial charge in [0.15, 0.2) is 0 Å². The minimum absolute atomic E-state index is 0.406. The minimum atomic E-state index is -1.11. The number of carbonyl (C=O) groups is 2. The number of esters is 1. The van der Waals surface area contributed by atoms with E-state index in [4.69, 9.17) is 16.6 Å². The number of halogens is 1. The van der Waals surface area contributed by atoms with Crippen molar-refractivity contribution in [3.63, 3.8) is 0 Å². The van der Waals surface area contributed by atoms with E-state index in [1.807, 2.05) is 0 Å². The Labute approximate surface area is 105 Å². The highest BCUT2D eigenvalue weighted by Gasteiger charge is 2.53. The third kappa shape index (κ3) is 1.92. The summed E-state index contributed by atoms with van der Waals surface area (Å²) in [4.78, 5) is 22.5. The van der Waals surface area contributed by atoms with E-state index in [1.165, 1.54) is 19.3 Å². The Morgan fingerprint density at radius 2 is 1.41 bits per heavy atom. The van der Waals surface area contributed by atoms with Crippen LogP contribution in [0.4, 0.5) is 0 Å². The molecule has 0 unspecified atom stereocenters. The van der Waals surface area contributed by atoms with Gasteiger partial charge in [-0.05, 0) is 56.3 Å². The van der Waals surface area contributed by atoms with Crippen molar-refractivity contribution in [2.24, 2.45) is 17.8 Å². The van der Waals surface area contributed by atoms with E-state index in [9.17, 15) is 9.59 Å². The van der Waals surface area contributed by atoms with Crippen LogP contribution < -0.4 is 0 Å². The lowest BCUT2D eigenvalue weighted by molar-refractivity contribution is -0.192. The van der Waals surface area contributed by atoms with Crippen LogP contribution in [0.25, 0.3) is 0 Å². The van der Waals surface area contributed by atoms with Crippen molar-refractivity contribution in [3.05, 3.63) is 0 Å². The molecule has 0 aliphatic heterocycles. The SMILES string of the molecule is O=C(OCl)C(=O)OC12CC3CC(CC(C3)C1)C2. The molecule has 0 atom stereocenters. The zero-order valence-corrected chi connectivity index (χ0v) is 10.2. The van der Waals surface area contributed by atoms with E-state index in [-0.39, 0.29) is 0 Å². The van der Waals surface area contributed by atoms with Crippen LogP contribution >= 0.6 is 11.9 Å². The van der Waals surface area contributed by atoms with Gasteiger partial charge in [-0.3, -0.25) is 0 Å². The Morgan fingerprint density at radius 3 is 1.82 bits per heavy atom. The van der Waals surface area contributed by atoms with Crippen LogP contribution in [-0.4, -0.2) is 17.5 Å². The van der Waals surface area contributed by atoms with Crippen LogP contribution in [0.1, 0.15) is 38.5 Å². The van der Waals surface area contributed by atoms with Gasteiger partial charge in [0.1, 0.15) is 17.5 Å². The third-order valence-corrected chi connectivity index (χ3v) is 4.67. The molecule has 4 rings (SSSR count). The zero-order valence-electron chi connectivity index (χ0n) is 9.49. The van der Waals surface area contributed by atoms with Crippen molar-refractivity contribution in [2.75, 3.05) is 0 Å². The maximum atomic E-state index is 11.5. The molecule has 0 aromatic carbocycles. The van der Waals surface area contributed by atoms with Gasteiger partial charge in [0.05, 0.1) is 0 Å². The lowest BCUT2D eigenvalue weighted by atomic mass is 9.54. The summed E-state index contributed by atoms with van der Waals surface area (Å²) in [5.74, 6) is -0.0485. The zero-order chi connectivity index (χ0) is 12.0. The summed E-state index contributed by atoms with van der Waals surface area (Å²) in [6.07, 6.45) is 6.49. The molecule has 4 saturated carbocycles. The Balaban J connectivity index is 1.74. The molecule has 0 heterocycles. The summed E-state index contributed by atoms with van der Waals surface area (Å²) in [7, 11) is 0. The van der Waals surface area contributed by atoms with Gasteiger partial charge in [-0.1, -0.05) is 0 Å². The van der Waals surface area contributed by atoms with Crippen molar-refractivity contribution < 1.29 is 18.6 Å². The molecule has 4 aliphatic rings. The van der Waals surface area contributed by atoms with Crippen molar-refractivity contribution in [3.8, 4) is 0 Å². The summed E-state index contributed by atoms with van der Waals surface area (Å²) in [5.41, 5.74) is -0.406. The molecule has 0 spiro atoms. The fourth-order valence-electron chi connectivity index (χ4n) is 4.43. The van der Waals surface area contributed by atoms with Crippen LogP contribution in [0, 0.1) is 17.8 Å². The molecule has 4 nitrogen and oxygen atoms in total. The topological polar surface area (TPSA) is 52.6 Å². The van der Waals surface area contributed by atoms with E-state index in [1.54, 1.807) is 0 Å². The van der Waals surface area contributed by atoms with Gasteiger partial charge in [-0.15, -0.1) is 0 Å². The first-order valence-corrected chi connectivity index (χ1v) is 6.47. The number of ether oxygens (including phenoxy) is 1. The second kappa shape index (κ2) is 3.87. The van der Waals surface area contributed by atoms with Crippen LogP contribution in [0.15, 0.2) is 0 Å². The van der Waals surface area contributed by atoms with Crippen LogP contribution in [0.2, 0.25) is 0 Å².